The van der Waals surface area contributed by atoms with Crippen molar-refractivity contribution < 1.29 is 75.8 Å². The number of phosphoric ester groups is 2. The molecule has 0 bridgehead atoms. The van der Waals surface area contributed by atoms with E-state index in [1.807, 2.05) is 12.2 Å². The highest BCUT2D eigenvalue weighted by atomic mass is 31.2. The van der Waals surface area contributed by atoms with Gasteiger partial charge in [0, 0.05) is 19.3 Å². The lowest BCUT2D eigenvalue weighted by Crippen LogP contribution is -2.30. The minimum absolute atomic E-state index is 0.0974. The third-order valence-electron chi connectivity index (χ3n) is 12.0. The van der Waals surface area contributed by atoms with Crippen LogP contribution in [0.2, 0.25) is 0 Å². The van der Waals surface area contributed by atoms with E-state index in [2.05, 4.69) is 118 Å². The minimum Gasteiger partial charge on any atom is -0.463 e. The van der Waals surface area contributed by atoms with Gasteiger partial charge < -0.3 is 34.2 Å². The van der Waals surface area contributed by atoms with Gasteiger partial charge in [-0.1, -0.05) is 207 Å². The first-order valence-electron chi connectivity index (χ1n) is 30.2. The van der Waals surface area contributed by atoms with Gasteiger partial charge in [0.25, 0.3) is 0 Å². The summed E-state index contributed by atoms with van der Waals surface area (Å²) in [5, 5.41) is 20.4. The average Bonchev–Trinajstić information content (AvgIpc) is 3.44. The van der Waals surface area contributed by atoms with Gasteiger partial charge in [0.15, 0.2) is 6.10 Å². The Bertz CT molecular complexity index is 1920. The highest BCUT2D eigenvalue weighted by Gasteiger charge is 2.29. The topological polar surface area (TPSA) is 231 Å². The maximum Gasteiger partial charge on any atom is 0.472 e. The molecule has 0 saturated carbocycles. The molecule has 4 N–H and O–H groups in total. The van der Waals surface area contributed by atoms with E-state index >= 15 is 0 Å². The standard InChI is InChI=1S/C63H106O16P2/c1-4-7-10-13-16-19-22-24-26-28-30-32-35-37-40-43-46-49-61(66)73-52-58(64)53-75-80(69,70)76-54-59(65)55-77-81(71,72)78-57-60(79-63(68)51-48-45-42-39-34-21-18-15-12-9-6-3)56-74-62(67)50-47-44-41-38-36-33-31-29-27-25-23-20-17-14-11-8-5-2/h7-8,10-11,16-17,19-20,24-27,30-33,37,40,58-60,64-65H,4-6,9,12-15,18,21-23,28-29,34-36,38-39,41-57H2,1-3H3,(H,69,70)(H,71,72)/b10-7-,11-8-,19-16-,20-17-,26-24-,27-25-,32-30-,33-31-,40-37-. The normalized spacial score (nSPS) is 15.2. The summed E-state index contributed by atoms with van der Waals surface area (Å²) in [6.45, 7) is 2.29. The Labute approximate surface area is 488 Å². The van der Waals surface area contributed by atoms with Crippen LogP contribution in [-0.2, 0) is 55.8 Å². The highest BCUT2D eigenvalue weighted by Crippen LogP contribution is 2.45. The fourth-order valence-corrected chi connectivity index (χ4v) is 9.00. The Morgan fingerprint density at radius 3 is 1.09 bits per heavy atom. The highest BCUT2D eigenvalue weighted by molar-refractivity contribution is 7.47. The number of hydrogen-bond acceptors (Lipinski definition) is 14. The Balaban J connectivity index is 4.73. The van der Waals surface area contributed by atoms with Crippen molar-refractivity contribution in [2.45, 2.75) is 232 Å². The summed E-state index contributed by atoms with van der Waals surface area (Å²) in [7, 11) is -9.78. The Hall–Kier alpha value is -3.79. The van der Waals surface area contributed by atoms with Crippen LogP contribution in [0.4, 0.5) is 0 Å². The predicted octanol–water partition coefficient (Wildman–Crippen LogP) is 15.7. The van der Waals surface area contributed by atoms with Gasteiger partial charge in [-0.3, -0.25) is 32.5 Å². The van der Waals surface area contributed by atoms with E-state index in [9.17, 15) is 43.5 Å². The number of carbonyl (C=O) groups excluding carboxylic acids is 3. The molecule has 0 aromatic carbocycles. The van der Waals surface area contributed by atoms with Crippen molar-refractivity contribution >= 4 is 33.6 Å². The summed E-state index contributed by atoms with van der Waals surface area (Å²) in [5.74, 6) is -1.67. The number of phosphoric acid groups is 2. The van der Waals surface area contributed by atoms with E-state index in [1.165, 1.54) is 38.5 Å². The van der Waals surface area contributed by atoms with Crippen molar-refractivity contribution in [3.05, 3.63) is 109 Å². The van der Waals surface area contributed by atoms with Crippen molar-refractivity contribution in [3.8, 4) is 0 Å². The van der Waals surface area contributed by atoms with Crippen LogP contribution in [0.15, 0.2) is 109 Å². The second kappa shape index (κ2) is 56.7. The lowest BCUT2D eigenvalue weighted by atomic mass is 10.1. The summed E-state index contributed by atoms with van der Waals surface area (Å²) < 4.78 is 60.5. The summed E-state index contributed by atoms with van der Waals surface area (Å²) >= 11 is 0. The zero-order chi connectivity index (χ0) is 59.6. The van der Waals surface area contributed by atoms with Crippen LogP contribution in [0.5, 0.6) is 0 Å². The molecule has 0 aromatic heterocycles. The van der Waals surface area contributed by atoms with Gasteiger partial charge in [-0.15, -0.1) is 0 Å². The Morgan fingerprint density at radius 2 is 0.667 bits per heavy atom. The van der Waals surface area contributed by atoms with Crippen LogP contribution in [0.1, 0.15) is 213 Å². The number of allylic oxidation sites excluding steroid dienone is 18. The zero-order valence-electron chi connectivity index (χ0n) is 49.7. The molecule has 0 fully saturated rings. The summed E-state index contributed by atoms with van der Waals surface area (Å²) in [6.07, 6.45) is 60.3. The zero-order valence-corrected chi connectivity index (χ0v) is 51.5. The van der Waals surface area contributed by atoms with Gasteiger partial charge in [-0.25, -0.2) is 9.13 Å². The SMILES string of the molecule is CC/C=C\C/C=C\C/C=C\C/C=C\C/C=C\CCCC(=O)OCC(O)COP(=O)(O)OCC(O)COP(=O)(O)OCC(COC(=O)CCCCCC/C=C\C/C=C\C/C=C\C/C=C\CC)OC(=O)CCCCCCCCCCCCC. The number of hydrogen-bond donors (Lipinski definition) is 4. The van der Waals surface area contributed by atoms with Crippen LogP contribution in [0.3, 0.4) is 0 Å². The van der Waals surface area contributed by atoms with E-state index in [-0.39, 0.29) is 19.3 Å². The second-order valence-electron chi connectivity index (χ2n) is 19.7. The molecule has 81 heavy (non-hydrogen) atoms. The Morgan fingerprint density at radius 1 is 0.358 bits per heavy atom. The van der Waals surface area contributed by atoms with Crippen molar-refractivity contribution in [3.63, 3.8) is 0 Å². The maximum absolute atomic E-state index is 12.8. The fraction of sp³-hybridized carbons (Fsp3) is 0.667. The molecule has 5 atom stereocenters. The number of carbonyl (C=O) groups is 3. The van der Waals surface area contributed by atoms with Crippen molar-refractivity contribution in [2.75, 3.05) is 39.6 Å². The van der Waals surface area contributed by atoms with Crippen LogP contribution in [-0.4, -0.2) is 95.9 Å². The summed E-state index contributed by atoms with van der Waals surface area (Å²) in [4.78, 5) is 58.0. The molecule has 18 heteroatoms. The number of rotatable bonds is 56. The van der Waals surface area contributed by atoms with E-state index in [4.69, 9.17) is 32.3 Å². The second-order valence-corrected chi connectivity index (χ2v) is 22.7. The van der Waals surface area contributed by atoms with E-state index < -0.39 is 91.5 Å². The molecule has 0 spiro atoms. The molecule has 0 aromatic rings. The molecule has 0 amide bonds. The third-order valence-corrected chi connectivity index (χ3v) is 13.9. The monoisotopic (exact) mass is 1180 g/mol. The first-order chi connectivity index (χ1) is 39.2. The molecule has 5 unspecified atom stereocenters. The minimum atomic E-state index is -4.92. The summed E-state index contributed by atoms with van der Waals surface area (Å²) in [5.41, 5.74) is 0. The number of esters is 3. The van der Waals surface area contributed by atoms with E-state index in [0.717, 1.165) is 109 Å². The number of unbranched alkanes of at least 4 members (excludes halogenated alkanes) is 15. The van der Waals surface area contributed by atoms with Crippen molar-refractivity contribution in [1.29, 1.82) is 0 Å². The number of aliphatic hydroxyl groups excluding tert-OH is 2. The molecule has 0 aliphatic rings. The third kappa shape index (κ3) is 57.8. The van der Waals surface area contributed by atoms with Gasteiger partial charge in [0.05, 0.1) is 26.4 Å². The first kappa shape index (κ1) is 77.2. The predicted molar refractivity (Wildman–Crippen MR) is 325 cm³/mol. The van der Waals surface area contributed by atoms with Gasteiger partial charge >= 0.3 is 33.6 Å². The lowest BCUT2D eigenvalue weighted by molar-refractivity contribution is -0.161. The maximum atomic E-state index is 12.8. The number of ether oxygens (including phenoxy) is 3. The lowest BCUT2D eigenvalue weighted by Gasteiger charge is -2.21. The molecule has 0 heterocycles. The quantitative estimate of drug-likeness (QED) is 0.0146. The molecular weight excluding hydrogens is 1070 g/mol. The van der Waals surface area contributed by atoms with E-state index in [0.29, 0.717) is 25.7 Å². The van der Waals surface area contributed by atoms with Gasteiger partial charge in [-0.05, 0) is 96.3 Å². The molecule has 0 radical (unpaired) electrons. The molecule has 0 aliphatic carbocycles. The average molecular weight is 1180 g/mol. The smallest absolute Gasteiger partial charge is 0.463 e. The van der Waals surface area contributed by atoms with Gasteiger partial charge in [0.2, 0.25) is 0 Å². The molecule has 0 saturated heterocycles. The Kier molecular flexibility index (Phi) is 54.0. The number of aliphatic hydroxyl groups is 2. The van der Waals surface area contributed by atoms with Crippen LogP contribution >= 0.6 is 15.6 Å². The van der Waals surface area contributed by atoms with E-state index in [1.54, 1.807) is 0 Å². The molecular formula is C63H106O16P2. The van der Waals surface area contributed by atoms with Crippen LogP contribution in [0, 0.1) is 0 Å². The first-order valence-corrected chi connectivity index (χ1v) is 33.2. The van der Waals surface area contributed by atoms with Crippen molar-refractivity contribution in [1.82, 2.24) is 0 Å². The molecule has 464 valence electrons. The van der Waals surface area contributed by atoms with Crippen LogP contribution in [0.25, 0.3) is 0 Å². The van der Waals surface area contributed by atoms with Gasteiger partial charge in [-0.2, -0.15) is 0 Å². The summed E-state index contributed by atoms with van der Waals surface area (Å²) in [6, 6.07) is 0. The molecule has 0 rings (SSSR count). The molecule has 0 aliphatic heterocycles. The molecule has 16 nitrogen and oxygen atoms in total. The van der Waals surface area contributed by atoms with Crippen LogP contribution < -0.4 is 0 Å². The van der Waals surface area contributed by atoms with Gasteiger partial charge in [0.1, 0.15) is 25.4 Å². The van der Waals surface area contributed by atoms with Crippen molar-refractivity contribution in [2.24, 2.45) is 0 Å². The largest absolute Gasteiger partial charge is 0.472 e. The fourth-order valence-electron chi connectivity index (χ4n) is 7.42.